The average Bonchev–Trinajstić information content (AvgIpc) is 2.09. The standard InChI is InChI=1S/C8H8Cl3NO2S/c9-3-4-15(13,14)12-8-2-1-6(10)5-7(8)11/h1-2,5,12H,3-4H2. The van der Waals surface area contributed by atoms with Crippen molar-refractivity contribution in [1.29, 1.82) is 0 Å². The molecule has 0 heterocycles. The summed E-state index contributed by atoms with van der Waals surface area (Å²) < 4.78 is 25.0. The van der Waals surface area contributed by atoms with E-state index in [4.69, 9.17) is 34.8 Å². The maximum atomic E-state index is 11.3. The number of sulfonamides is 1. The SMILES string of the molecule is O=S(=O)(CCCl)Nc1ccc(Cl)cc1Cl. The number of halogens is 3. The van der Waals surface area contributed by atoms with Gasteiger partial charge in [-0.25, -0.2) is 8.42 Å². The second kappa shape index (κ2) is 5.25. The highest BCUT2D eigenvalue weighted by Gasteiger charge is 2.11. The van der Waals surface area contributed by atoms with E-state index >= 15 is 0 Å². The van der Waals surface area contributed by atoms with E-state index in [0.717, 1.165) is 0 Å². The molecule has 84 valence electrons. The van der Waals surface area contributed by atoms with E-state index in [0.29, 0.717) is 10.7 Å². The zero-order chi connectivity index (χ0) is 11.5. The maximum Gasteiger partial charge on any atom is 0.233 e. The fourth-order valence-corrected chi connectivity index (χ4v) is 2.83. The van der Waals surface area contributed by atoms with Gasteiger partial charge in [0.1, 0.15) is 0 Å². The summed E-state index contributed by atoms with van der Waals surface area (Å²) in [4.78, 5) is 0. The molecule has 1 rings (SSSR count). The van der Waals surface area contributed by atoms with Crippen LogP contribution in [0.2, 0.25) is 10.0 Å². The highest BCUT2D eigenvalue weighted by molar-refractivity contribution is 7.92. The second-order valence-electron chi connectivity index (χ2n) is 2.73. The maximum absolute atomic E-state index is 11.3. The summed E-state index contributed by atoms with van der Waals surface area (Å²) in [5.74, 6) is -0.131. The number of rotatable bonds is 4. The summed E-state index contributed by atoms with van der Waals surface area (Å²) in [6, 6.07) is 4.50. The zero-order valence-electron chi connectivity index (χ0n) is 7.50. The molecule has 1 aromatic rings. The van der Waals surface area contributed by atoms with Crippen LogP contribution in [0.25, 0.3) is 0 Å². The van der Waals surface area contributed by atoms with Crippen LogP contribution in [-0.2, 0) is 10.0 Å². The van der Waals surface area contributed by atoms with Crippen LogP contribution in [0.5, 0.6) is 0 Å². The molecule has 3 nitrogen and oxygen atoms in total. The first-order valence-electron chi connectivity index (χ1n) is 3.96. The predicted octanol–water partition coefficient (Wildman–Crippen LogP) is 2.97. The molecule has 1 aromatic carbocycles. The molecular weight excluding hydrogens is 281 g/mol. The lowest BCUT2D eigenvalue weighted by atomic mass is 10.3. The molecule has 0 aromatic heterocycles. The molecule has 0 aliphatic rings. The molecule has 0 spiro atoms. The van der Waals surface area contributed by atoms with Gasteiger partial charge in [0.2, 0.25) is 10.0 Å². The minimum absolute atomic E-state index is 0.0283. The van der Waals surface area contributed by atoms with Crippen molar-refractivity contribution in [3.8, 4) is 0 Å². The third kappa shape index (κ3) is 4.07. The molecule has 0 unspecified atom stereocenters. The predicted molar refractivity (Wildman–Crippen MR) is 64.6 cm³/mol. The van der Waals surface area contributed by atoms with Gasteiger partial charge in [-0.3, -0.25) is 4.72 Å². The Kier molecular flexibility index (Phi) is 4.52. The van der Waals surface area contributed by atoms with Crippen molar-refractivity contribution in [2.24, 2.45) is 0 Å². The molecular formula is C8H8Cl3NO2S. The second-order valence-corrected chi connectivity index (χ2v) is 5.80. The molecule has 0 radical (unpaired) electrons. The van der Waals surface area contributed by atoms with Gasteiger partial charge < -0.3 is 0 Å². The Morgan fingerprint density at radius 2 is 1.93 bits per heavy atom. The van der Waals surface area contributed by atoms with Gasteiger partial charge in [-0.1, -0.05) is 23.2 Å². The fourth-order valence-electron chi connectivity index (χ4n) is 0.892. The van der Waals surface area contributed by atoms with Crippen LogP contribution in [0.1, 0.15) is 0 Å². The lowest BCUT2D eigenvalue weighted by Crippen LogP contribution is -2.17. The van der Waals surface area contributed by atoms with E-state index < -0.39 is 10.0 Å². The molecule has 7 heteroatoms. The Hall–Kier alpha value is -0.160. The van der Waals surface area contributed by atoms with Crippen LogP contribution in [-0.4, -0.2) is 20.1 Å². The lowest BCUT2D eigenvalue weighted by molar-refractivity contribution is 0.602. The van der Waals surface area contributed by atoms with Crippen molar-refractivity contribution < 1.29 is 8.42 Å². The van der Waals surface area contributed by atoms with Gasteiger partial charge in [0.15, 0.2) is 0 Å². The first-order chi connectivity index (χ1) is 6.94. The average molecular weight is 289 g/mol. The van der Waals surface area contributed by atoms with Crippen molar-refractivity contribution in [3.05, 3.63) is 28.2 Å². The minimum Gasteiger partial charge on any atom is -0.282 e. The molecule has 15 heavy (non-hydrogen) atoms. The van der Waals surface area contributed by atoms with Crippen LogP contribution in [0.3, 0.4) is 0 Å². The summed E-state index contributed by atoms with van der Waals surface area (Å²) in [5.41, 5.74) is 0.297. The monoisotopic (exact) mass is 287 g/mol. The van der Waals surface area contributed by atoms with Gasteiger partial charge in [0.25, 0.3) is 0 Å². The van der Waals surface area contributed by atoms with E-state index in [-0.39, 0.29) is 16.7 Å². The highest BCUT2D eigenvalue weighted by atomic mass is 35.5. The molecule has 0 atom stereocenters. The van der Waals surface area contributed by atoms with Gasteiger partial charge in [0.05, 0.1) is 16.5 Å². The van der Waals surface area contributed by atoms with Crippen LogP contribution in [0.15, 0.2) is 18.2 Å². The number of hydrogen-bond donors (Lipinski definition) is 1. The van der Waals surface area contributed by atoms with Crippen molar-refractivity contribution >= 4 is 50.5 Å². The summed E-state index contributed by atoms with van der Waals surface area (Å²) in [6.07, 6.45) is 0. The first-order valence-corrected chi connectivity index (χ1v) is 6.90. The Balaban J connectivity index is 2.90. The van der Waals surface area contributed by atoms with Crippen molar-refractivity contribution in [3.63, 3.8) is 0 Å². The van der Waals surface area contributed by atoms with Gasteiger partial charge >= 0.3 is 0 Å². The fraction of sp³-hybridized carbons (Fsp3) is 0.250. The van der Waals surface area contributed by atoms with Crippen LogP contribution >= 0.6 is 34.8 Å². The van der Waals surface area contributed by atoms with Gasteiger partial charge in [-0.05, 0) is 18.2 Å². The zero-order valence-corrected chi connectivity index (χ0v) is 10.6. The number of alkyl halides is 1. The van der Waals surface area contributed by atoms with Crippen LogP contribution in [0.4, 0.5) is 5.69 Å². The number of anilines is 1. The lowest BCUT2D eigenvalue weighted by Gasteiger charge is -2.08. The number of benzene rings is 1. The largest absolute Gasteiger partial charge is 0.282 e. The molecule has 0 fully saturated rings. The van der Waals surface area contributed by atoms with Crippen LogP contribution in [0, 0.1) is 0 Å². The number of nitrogens with one attached hydrogen (secondary N) is 1. The minimum atomic E-state index is -3.43. The first kappa shape index (κ1) is 12.9. The van der Waals surface area contributed by atoms with E-state index in [1.807, 2.05) is 0 Å². The topological polar surface area (TPSA) is 46.2 Å². The van der Waals surface area contributed by atoms with Crippen LogP contribution < -0.4 is 4.72 Å². The Morgan fingerprint density at radius 1 is 1.27 bits per heavy atom. The molecule has 0 bridgehead atoms. The molecule has 0 amide bonds. The summed E-state index contributed by atoms with van der Waals surface area (Å²) in [5, 5.41) is 0.695. The van der Waals surface area contributed by atoms with Gasteiger partial charge in [0, 0.05) is 10.9 Å². The van der Waals surface area contributed by atoms with Gasteiger partial charge in [-0.2, -0.15) is 0 Å². The molecule has 0 saturated carbocycles. The van der Waals surface area contributed by atoms with Crippen molar-refractivity contribution in [1.82, 2.24) is 0 Å². The Bertz CT molecular complexity index is 447. The summed E-state index contributed by atoms with van der Waals surface area (Å²) in [6.45, 7) is 0. The normalized spacial score (nSPS) is 11.4. The Morgan fingerprint density at radius 3 is 2.47 bits per heavy atom. The number of hydrogen-bond acceptors (Lipinski definition) is 2. The molecule has 0 saturated heterocycles. The highest BCUT2D eigenvalue weighted by Crippen LogP contribution is 2.26. The molecule has 1 N–H and O–H groups in total. The third-order valence-electron chi connectivity index (χ3n) is 1.54. The van der Waals surface area contributed by atoms with Gasteiger partial charge in [-0.15, -0.1) is 11.6 Å². The molecule has 0 aliphatic heterocycles. The van der Waals surface area contributed by atoms with E-state index in [9.17, 15) is 8.42 Å². The quantitative estimate of drug-likeness (QED) is 0.866. The summed E-state index contributed by atoms with van der Waals surface area (Å²) in [7, 11) is -3.43. The van der Waals surface area contributed by atoms with E-state index in [1.54, 1.807) is 6.07 Å². The smallest absolute Gasteiger partial charge is 0.233 e. The van der Waals surface area contributed by atoms with E-state index in [1.165, 1.54) is 12.1 Å². The molecule has 0 aliphatic carbocycles. The van der Waals surface area contributed by atoms with E-state index in [2.05, 4.69) is 4.72 Å². The third-order valence-corrected chi connectivity index (χ3v) is 3.78. The van der Waals surface area contributed by atoms with Crippen molar-refractivity contribution in [2.45, 2.75) is 0 Å². The Labute approximate surface area is 103 Å². The summed E-state index contributed by atoms with van der Waals surface area (Å²) >= 11 is 16.8. The van der Waals surface area contributed by atoms with Crippen molar-refractivity contribution in [2.75, 3.05) is 16.4 Å².